The summed E-state index contributed by atoms with van der Waals surface area (Å²) < 4.78 is 19.2. The number of hydrogen-bond donors (Lipinski definition) is 1. The van der Waals surface area contributed by atoms with Crippen molar-refractivity contribution in [2.75, 3.05) is 5.73 Å². The summed E-state index contributed by atoms with van der Waals surface area (Å²) in [4.78, 5) is 12.1. The van der Waals surface area contributed by atoms with Gasteiger partial charge in [-0.2, -0.15) is 0 Å². The molecule has 0 fully saturated rings. The van der Waals surface area contributed by atoms with Gasteiger partial charge in [-0.05, 0) is 56.7 Å². The van der Waals surface area contributed by atoms with Crippen LogP contribution in [0.5, 0.6) is 0 Å². The Morgan fingerprint density at radius 1 is 1.29 bits per heavy atom. The first-order valence-corrected chi connectivity index (χ1v) is 6.57. The molecule has 0 heterocycles. The Hall–Kier alpha value is -2.36. The number of nitrogen functional groups attached to an aromatic ring is 1. The van der Waals surface area contributed by atoms with Crippen molar-refractivity contribution in [3.8, 4) is 11.1 Å². The number of halogens is 1. The highest BCUT2D eigenvalue weighted by Crippen LogP contribution is 2.29. The van der Waals surface area contributed by atoms with Crippen LogP contribution >= 0.6 is 0 Å². The number of benzene rings is 2. The van der Waals surface area contributed by atoms with Crippen molar-refractivity contribution in [2.45, 2.75) is 26.4 Å². The van der Waals surface area contributed by atoms with Crippen molar-refractivity contribution in [3.63, 3.8) is 0 Å². The van der Waals surface area contributed by atoms with Crippen LogP contribution < -0.4 is 5.73 Å². The smallest absolute Gasteiger partial charge is 0.338 e. The van der Waals surface area contributed by atoms with Gasteiger partial charge in [0, 0.05) is 11.3 Å². The Balaban J connectivity index is 2.41. The molecule has 0 unspecified atom stereocenters. The van der Waals surface area contributed by atoms with Crippen LogP contribution in [0, 0.1) is 11.9 Å². The third kappa shape index (κ3) is 3.60. The van der Waals surface area contributed by atoms with E-state index in [4.69, 9.17) is 10.5 Å². The molecule has 2 rings (SSSR count). The molecule has 0 spiro atoms. The Morgan fingerprint density at radius 3 is 2.62 bits per heavy atom. The average molecular weight is 286 g/mol. The highest BCUT2D eigenvalue weighted by atomic mass is 19.1. The predicted octanol–water partition coefficient (Wildman–Crippen LogP) is 3.83. The molecule has 0 aromatic heterocycles. The summed E-state index contributed by atoms with van der Waals surface area (Å²) in [6, 6.07) is 11.9. The number of esters is 1. The van der Waals surface area contributed by atoms with E-state index in [1.54, 1.807) is 45.0 Å². The van der Waals surface area contributed by atoms with Crippen molar-refractivity contribution >= 4 is 11.7 Å². The zero-order valence-electron chi connectivity index (χ0n) is 12.2. The topological polar surface area (TPSA) is 52.3 Å². The van der Waals surface area contributed by atoms with E-state index in [0.29, 0.717) is 11.1 Å². The number of nitrogens with two attached hydrogens (primary N) is 1. The lowest BCUT2D eigenvalue weighted by molar-refractivity contribution is 0.00696. The lowest BCUT2D eigenvalue weighted by Gasteiger charge is -2.19. The van der Waals surface area contributed by atoms with Gasteiger partial charge in [0.2, 0.25) is 0 Å². The molecule has 4 heteroatoms. The maximum Gasteiger partial charge on any atom is 0.338 e. The minimum absolute atomic E-state index is 0.263. The van der Waals surface area contributed by atoms with Gasteiger partial charge in [0.05, 0.1) is 5.56 Å². The third-order valence-electron chi connectivity index (χ3n) is 2.76. The molecule has 21 heavy (non-hydrogen) atoms. The largest absolute Gasteiger partial charge is 0.456 e. The Morgan fingerprint density at radius 2 is 2.00 bits per heavy atom. The van der Waals surface area contributed by atoms with Crippen molar-refractivity contribution in [2.24, 2.45) is 0 Å². The van der Waals surface area contributed by atoms with Gasteiger partial charge in [-0.15, -0.1) is 0 Å². The second kappa shape index (κ2) is 5.56. The maximum absolute atomic E-state index is 13.9. The molecule has 0 aliphatic heterocycles. The predicted molar refractivity (Wildman–Crippen MR) is 80.3 cm³/mol. The fraction of sp³-hybridized carbons (Fsp3) is 0.235. The third-order valence-corrected chi connectivity index (χ3v) is 2.76. The van der Waals surface area contributed by atoms with Crippen LogP contribution in [0.3, 0.4) is 0 Å². The molecule has 0 amide bonds. The molecule has 2 aromatic rings. The van der Waals surface area contributed by atoms with Gasteiger partial charge in [0.1, 0.15) is 11.4 Å². The number of rotatable bonds is 2. The minimum atomic E-state index is -0.584. The standard InChI is InChI=1S/C17H17FNO2/c1-17(2,3)21-16(20)12-7-4-6-11(10-12)15-13(18)8-5-9-14(15)19/h4,6-10H,19H2,1-3H3. The minimum Gasteiger partial charge on any atom is -0.456 e. The highest BCUT2D eigenvalue weighted by Gasteiger charge is 2.19. The number of carbonyl (C=O) groups is 1. The van der Waals surface area contributed by atoms with E-state index in [1.165, 1.54) is 12.1 Å². The summed E-state index contributed by atoms with van der Waals surface area (Å²) in [6.07, 6.45) is 0. The lowest BCUT2D eigenvalue weighted by atomic mass is 10.0. The van der Waals surface area contributed by atoms with Crippen molar-refractivity contribution in [1.29, 1.82) is 0 Å². The van der Waals surface area contributed by atoms with Gasteiger partial charge in [0.25, 0.3) is 0 Å². The second-order valence-electron chi connectivity index (χ2n) is 5.72. The summed E-state index contributed by atoms with van der Waals surface area (Å²) in [7, 11) is 0. The Labute approximate surface area is 123 Å². The van der Waals surface area contributed by atoms with E-state index in [9.17, 15) is 9.18 Å². The van der Waals surface area contributed by atoms with Crippen LogP contribution in [0.4, 0.5) is 10.1 Å². The van der Waals surface area contributed by atoms with E-state index < -0.39 is 17.4 Å². The van der Waals surface area contributed by atoms with Gasteiger partial charge in [-0.25, -0.2) is 9.18 Å². The van der Waals surface area contributed by atoms with Crippen molar-refractivity contribution in [1.82, 2.24) is 0 Å². The normalized spacial score (nSPS) is 11.2. The van der Waals surface area contributed by atoms with E-state index in [2.05, 4.69) is 6.07 Å². The Kier molecular flexibility index (Phi) is 3.98. The van der Waals surface area contributed by atoms with Crippen LogP contribution in [-0.2, 0) is 4.74 Å². The Bertz CT molecular complexity index is 654. The van der Waals surface area contributed by atoms with Crippen molar-refractivity contribution in [3.05, 3.63) is 53.8 Å². The van der Waals surface area contributed by atoms with Crippen LogP contribution in [-0.4, -0.2) is 11.6 Å². The molecule has 0 aliphatic rings. The highest BCUT2D eigenvalue weighted by molar-refractivity contribution is 5.92. The van der Waals surface area contributed by atoms with Crippen LogP contribution in [0.15, 0.2) is 36.4 Å². The number of ether oxygens (including phenoxy) is 1. The summed E-state index contributed by atoms with van der Waals surface area (Å²) in [5, 5.41) is 0. The monoisotopic (exact) mass is 286 g/mol. The van der Waals surface area contributed by atoms with E-state index in [0.717, 1.165) is 0 Å². The summed E-state index contributed by atoms with van der Waals surface area (Å²) >= 11 is 0. The molecule has 0 saturated heterocycles. The molecule has 0 saturated carbocycles. The van der Waals surface area contributed by atoms with E-state index in [-0.39, 0.29) is 11.3 Å². The van der Waals surface area contributed by atoms with E-state index >= 15 is 0 Å². The molecule has 0 aliphatic carbocycles. The molecule has 109 valence electrons. The molecule has 3 nitrogen and oxygen atoms in total. The van der Waals surface area contributed by atoms with E-state index in [1.807, 2.05) is 0 Å². The second-order valence-corrected chi connectivity index (χ2v) is 5.72. The van der Waals surface area contributed by atoms with Gasteiger partial charge < -0.3 is 10.5 Å². The SMILES string of the molecule is CC(C)(C)OC(=O)c1cccc(-c2c(N)c[c]cc2F)c1. The summed E-state index contributed by atoms with van der Waals surface area (Å²) in [5.41, 5.74) is 6.63. The lowest BCUT2D eigenvalue weighted by Crippen LogP contribution is -2.23. The zero-order valence-corrected chi connectivity index (χ0v) is 12.2. The maximum atomic E-state index is 13.9. The summed E-state index contributed by atoms with van der Waals surface area (Å²) in [6.45, 7) is 5.37. The molecule has 1 radical (unpaired) electrons. The number of hydrogen-bond acceptors (Lipinski definition) is 3. The molecular weight excluding hydrogens is 269 g/mol. The van der Waals surface area contributed by atoms with Crippen LogP contribution in [0.2, 0.25) is 0 Å². The fourth-order valence-electron chi connectivity index (χ4n) is 1.93. The molecule has 2 N–H and O–H groups in total. The van der Waals surface area contributed by atoms with Gasteiger partial charge in [-0.3, -0.25) is 0 Å². The molecule has 2 aromatic carbocycles. The van der Waals surface area contributed by atoms with Crippen LogP contribution in [0.25, 0.3) is 11.1 Å². The summed E-state index contributed by atoms with van der Waals surface area (Å²) in [5.74, 6) is -0.929. The number of carbonyl (C=O) groups excluding carboxylic acids is 1. The molecule has 0 atom stereocenters. The zero-order chi connectivity index (χ0) is 15.6. The molecular formula is C17H17FNO2. The first-order chi connectivity index (χ1) is 9.78. The first-order valence-electron chi connectivity index (χ1n) is 6.57. The van der Waals surface area contributed by atoms with Gasteiger partial charge in [-0.1, -0.05) is 12.1 Å². The average Bonchev–Trinajstić information content (AvgIpc) is 2.37. The number of anilines is 1. The van der Waals surface area contributed by atoms with Crippen molar-refractivity contribution < 1.29 is 13.9 Å². The first kappa shape index (κ1) is 15.0. The van der Waals surface area contributed by atoms with Gasteiger partial charge in [0.15, 0.2) is 0 Å². The fourth-order valence-corrected chi connectivity index (χ4v) is 1.93. The quantitative estimate of drug-likeness (QED) is 0.674. The molecule has 0 bridgehead atoms. The van der Waals surface area contributed by atoms with Crippen LogP contribution in [0.1, 0.15) is 31.1 Å². The van der Waals surface area contributed by atoms with Gasteiger partial charge >= 0.3 is 5.97 Å².